The molecular formula is C16H23BO3. The summed E-state index contributed by atoms with van der Waals surface area (Å²) in [6.07, 6.45) is 2.45. The number of hydrogen-bond donors (Lipinski definition) is 1. The van der Waals surface area contributed by atoms with Gasteiger partial charge in [0.25, 0.3) is 0 Å². The first kappa shape index (κ1) is 14.1. The quantitative estimate of drug-likeness (QED) is 0.860. The maximum atomic E-state index is 9.32. The third-order valence-electron chi connectivity index (χ3n) is 4.86. The predicted molar refractivity (Wildman–Crippen MR) is 80.1 cm³/mol. The van der Waals surface area contributed by atoms with Crippen LogP contribution < -0.4 is 5.46 Å². The fourth-order valence-corrected chi connectivity index (χ4v) is 2.66. The Balaban J connectivity index is 1.95. The molecule has 0 aromatic heterocycles. The minimum absolute atomic E-state index is 0.0867. The molecule has 0 radical (unpaired) electrons. The van der Waals surface area contributed by atoms with E-state index in [0.717, 1.165) is 11.0 Å². The van der Waals surface area contributed by atoms with E-state index in [9.17, 15) is 5.11 Å². The zero-order chi connectivity index (χ0) is 14.5. The molecule has 2 aliphatic rings. The molecule has 0 amide bonds. The van der Waals surface area contributed by atoms with Gasteiger partial charge in [0.05, 0.1) is 17.8 Å². The maximum Gasteiger partial charge on any atom is 0.495 e. The highest BCUT2D eigenvalue weighted by Gasteiger charge is 2.52. The zero-order valence-electron chi connectivity index (χ0n) is 12.8. The largest absolute Gasteiger partial charge is 0.495 e. The first-order valence-electron chi connectivity index (χ1n) is 7.43. The van der Waals surface area contributed by atoms with Crippen molar-refractivity contribution in [2.75, 3.05) is 0 Å². The van der Waals surface area contributed by atoms with E-state index in [4.69, 9.17) is 9.31 Å². The van der Waals surface area contributed by atoms with E-state index in [2.05, 4.69) is 39.8 Å². The Morgan fingerprint density at radius 2 is 1.75 bits per heavy atom. The van der Waals surface area contributed by atoms with Crippen LogP contribution in [0.5, 0.6) is 0 Å². The third-order valence-corrected chi connectivity index (χ3v) is 4.86. The van der Waals surface area contributed by atoms with Crippen LogP contribution in [0.15, 0.2) is 18.2 Å². The van der Waals surface area contributed by atoms with Crippen molar-refractivity contribution in [3.05, 3.63) is 29.3 Å². The van der Waals surface area contributed by atoms with E-state index in [0.29, 0.717) is 5.92 Å². The summed E-state index contributed by atoms with van der Waals surface area (Å²) in [4.78, 5) is 0. The summed E-state index contributed by atoms with van der Waals surface area (Å²) in [6, 6.07) is 6.13. The molecule has 1 saturated heterocycles. The number of aliphatic hydroxyl groups excluding tert-OH is 1. The van der Waals surface area contributed by atoms with Crippen LogP contribution in [0.4, 0.5) is 0 Å². The standard InChI is InChI=1S/C16H23BO3/c1-15(2)16(3,4)20-17(19-15)14-8-5-11(10-18)9-13(14)12-6-7-12/h5,8-9,12,18H,6-7,10H2,1-4H3. The molecule has 3 nitrogen and oxygen atoms in total. The highest BCUT2D eigenvalue weighted by Crippen LogP contribution is 2.42. The Hall–Kier alpha value is -0.835. The molecule has 20 heavy (non-hydrogen) atoms. The summed E-state index contributed by atoms with van der Waals surface area (Å²) >= 11 is 0. The predicted octanol–water partition coefficient (Wildman–Crippen LogP) is 2.36. The van der Waals surface area contributed by atoms with Crippen LogP contribution >= 0.6 is 0 Å². The van der Waals surface area contributed by atoms with Crippen LogP contribution in [0, 0.1) is 0 Å². The second-order valence-corrected chi connectivity index (χ2v) is 6.98. The van der Waals surface area contributed by atoms with Crippen LogP contribution in [0.2, 0.25) is 0 Å². The molecule has 108 valence electrons. The van der Waals surface area contributed by atoms with Crippen molar-refractivity contribution in [3.8, 4) is 0 Å². The van der Waals surface area contributed by atoms with Gasteiger partial charge in [-0.05, 0) is 63.0 Å². The molecule has 1 N–H and O–H groups in total. The Labute approximate surface area is 121 Å². The van der Waals surface area contributed by atoms with Crippen molar-refractivity contribution in [1.29, 1.82) is 0 Å². The van der Waals surface area contributed by atoms with Gasteiger partial charge in [0, 0.05) is 0 Å². The molecule has 1 aliphatic heterocycles. The molecule has 2 fully saturated rings. The molecule has 1 aromatic rings. The van der Waals surface area contributed by atoms with Gasteiger partial charge in [-0.3, -0.25) is 0 Å². The Morgan fingerprint density at radius 3 is 2.25 bits per heavy atom. The van der Waals surface area contributed by atoms with Gasteiger partial charge in [-0.1, -0.05) is 18.2 Å². The molecule has 3 rings (SSSR count). The summed E-state index contributed by atoms with van der Waals surface area (Å²) in [5.41, 5.74) is 2.76. The first-order chi connectivity index (χ1) is 9.34. The lowest BCUT2D eigenvalue weighted by Crippen LogP contribution is -2.41. The fourth-order valence-electron chi connectivity index (χ4n) is 2.66. The van der Waals surface area contributed by atoms with E-state index in [1.54, 1.807) is 0 Å². The SMILES string of the molecule is CC1(C)OB(c2ccc(CO)cc2C2CC2)OC1(C)C. The summed E-state index contributed by atoms with van der Waals surface area (Å²) in [5.74, 6) is 0.607. The Bertz CT molecular complexity index is 504. The Kier molecular flexibility index (Phi) is 3.24. The van der Waals surface area contributed by atoms with Gasteiger partial charge in [0.1, 0.15) is 0 Å². The molecule has 0 bridgehead atoms. The molecule has 1 aromatic carbocycles. The first-order valence-corrected chi connectivity index (χ1v) is 7.43. The molecule has 1 saturated carbocycles. The molecule has 0 atom stereocenters. The van der Waals surface area contributed by atoms with Gasteiger partial charge in [0.15, 0.2) is 0 Å². The van der Waals surface area contributed by atoms with Gasteiger partial charge in [0.2, 0.25) is 0 Å². The number of rotatable bonds is 3. The van der Waals surface area contributed by atoms with Crippen LogP contribution in [0.3, 0.4) is 0 Å². The van der Waals surface area contributed by atoms with E-state index in [-0.39, 0.29) is 24.9 Å². The van der Waals surface area contributed by atoms with Gasteiger partial charge >= 0.3 is 7.12 Å². The van der Waals surface area contributed by atoms with Crippen LogP contribution in [0.25, 0.3) is 0 Å². The second-order valence-electron chi connectivity index (χ2n) is 6.98. The number of benzene rings is 1. The normalized spacial score (nSPS) is 24.1. The van der Waals surface area contributed by atoms with Crippen molar-refractivity contribution in [2.45, 2.75) is 64.3 Å². The minimum atomic E-state index is -0.311. The highest BCUT2D eigenvalue weighted by molar-refractivity contribution is 6.62. The van der Waals surface area contributed by atoms with Crippen molar-refractivity contribution >= 4 is 12.6 Å². The third kappa shape index (κ3) is 2.30. The van der Waals surface area contributed by atoms with Gasteiger partial charge < -0.3 is 14.4 Å². The Morgan fingerprint density at radius 1 is 1.15 bits per heavy atom. The van der Waals surface area contributed by atoms with Crippen molar-refractivity contribution < 1.29 is 14.4 Å². The second kappa shape index (κ2) is 4.59. The number of hydrogen-bond acceptors (Lipinski definition) is 3. The average molecular weight is 274 g/mol. The smallest absolute Gasteiger partial charge is 0.399 e. The summed E-state index contributed by atoms with van der Waals surface area (Å²) in [5, 5.41) is 9.32. The fraction of sp³-hybridized carbons (Fsp3) is 0.625. The summed E-state index contributed by atoms with van der Waals surface area (Å²) in [7, 11) is -0.302. The van der Waals surface area contributed by atoms with Crippen LogP contribution in [-0.2, 0) is 15.9 Å². The average Bonchev–Trinajstić information content (AvgIpc) is 3.17. The lowest BCUT2D eigenvalue weighted by molar-refractivity contribution is 0.00578. The minimum Gasteiger partial charge on any atom is -0.399 e. The molecule has 0 unspecified atom stereocenters. The summed E-state index contributed by atoms with van der Waals surface area (Å²) < 4.78 is 12.3. The lowest BCUT2D eigenvalue weighted by atomic mass is 9.74. The van der Waals surface area contributed by atoms with E-state index >= 15 is 0 Å². The topological polar surface area (TPSA) is 38.7 Å². The lowest BCUT2D eigenvalue weighted by Gasteiger charge is -2.32. The van der Waals surface area contributed by atoms with Gasteiger partial charge in [-0.25, -0.2) is 0 Å². The zero-order valence-corrected chi connectivity index (χ0v) is 12.8. The maximum absolute atomic E-state index is 9.32. The van der Waals surface area contributed by atoms with Crippen molar-refractivity contribution in [1.82, 2.24) is 0 Å². The monoisotopic (exact) mass is 274 g/mol. The van der Waals surface area contributed by atoms with Crippen LogP contribution in [0.1, 0.15) is 57.6 Å². The van der Waals surface area contributed by atoms with Crippen molar-refractivity contribution in [2.24, 2.45) is 0 Å². The van der Waals surface area contributed by atoms with E-state index < -0.39 is 0 Å². The van der Waals surface area contributed by atoms with Crippen LogP contribution in [-0.4, -0.2) is 23.4 Å². The number of aliphatic hydroxyl groups is 1. The molecule has 4 heteroatoms. The molecule has 0 spiro atoms. The van der Waals surface area contributed by atoms with Gasteiger partial charge in [-0.15, -0.1) is 0 Å². The highest BCUT2D eigenvalue weighted by atomic mass is 16.7. The van der Waals surface area contributed by atoms with Crippen molar-refractivity contribution in [3.63, 3.8) is 0 Å². The van der Waals surface area contributed by atoms with E-state index in [1.807, 2.05) is 6.07 Å². The van der Waals surface area contributed by atoms with E-state index in [1.165, 1.54) is 18.4 Å². The van der Waals surface area contributed by atoms with Gasteiger partial charge in [-0.2, -0.15) is 0 Å². The molecule has 1 aliphatic carbocycles. The molecule has 1 heterocycles. The summed E-state index contributed by atoms with van der Waals surface area (Å²) in [6.45, 7) is 8.39. The molecular weight excluding hydrogens is 251 g/mol.